The minimum Gasteiger partial charge on any atom is -0.388 e. The average Bonchev–Trinajstić information content (AvgIpc) is 3.78. The summed E-state index contributed by atoms with van der Waals surface area (Å²) in [6.45, 7) is 1.14. The first-order valence-corrected chi connectivity index (χ1v) is 12.3. The molecular weight excluding hydrogens is 448 g/mol. The molecule has 1 aliphatic heterocycles. The van der Waals surface area contributed by atoms with Crippen molar-refractivity contribution in [3.05, 3.63) is 47.1 Å². The second kappa shape index (κ2) is 8.30. The van der Waals surface area contributed by atoms with E-state index in [-0.39, 0.29) is 35.8 Å². The van der Waals surface area contributed by atoms with Crippen molar-refractivity contribution >= 4 is 28.5 Å². The first-order chi connectivity index (χ1) is 16.9. The maximum atomic E-state index is 13.2. The number of hydrogen-bond donors (Lipinski definition) is 2. The number of anilines is 1. The van der Waals surface area contributed by atoms with Crippen molar-refractivity contribution in [1.82, 2.24) is 24.2 Å². The number of nitrogens with one attached hydrogen (secondary N) is 1. The summed E-state index contributed by atoms with van der Waals surface area (Å²) in [6.07, 6.45) is 7.63. The number of amides is 2. The summed E-state index contributed by atoms with van der Waals surface area (Å²) in [5, 5.41) is 18.7. The van der Waals surface area contributed by atoms with E-state index >= 15 is 0 Å². The highest BCUT2D eigenvalue weighted by atomic mass is 16.3. The van der Waals surface area contributed by atoms with Crippen LogP contribution in [0.25, 0.3) is 16.7 Å². The van der Waals surface area contributed by atoms with Gasteiger partial charge < -0.3 is 15.3 Å². The summed E-state index contributed by atoms with van der Waals surface area (Å²) in [6, 6.07) is 7.25. The largest absolute Gasteiger partial charge is 0.388 e. The van der Waals surface area contributed by atoms with Gasteiger partial charge in [0.1, 0.15) is 11.7 Å². The molecule has 182 valence electrons. The molecule has 2 aliphatic carbocycles. The Hall–Kier alpha value is -3.53. The van der Waals surface area contributed by atoms with Gasteiger partial charge >= 0.3 is 0 Å². The number of aliphatic hydroxyl groups is 1. The van der Waals surface area contributed by atoms with Gasteiger partial charge in [-0.25, -0.2) is 9.67 Å². The third-order valence-electron chi connectivity index (χ3n) is 7.28. The number of nitrogens with zero attached hydrogens (tertiary/aromatic N) is 5. The molecule has 3 aromatic rings. The number of benzene rings is 1. The quantitative estimate of drug-likeness (QED) is 0.558. The van der Waals surface area contributed by atoms with Crippen LogP contribution in [0.4, 0.5) is 5.69 Å². The predicted octanol–water partition coefficient (Wildman–Crippen LogP) is 1.69. The zero-order valence-corrected chi connectivity index (χ0v) is 19.4. The third-order valence-corrected chi connectivity index (χ3v) is 7.28. The Morgan fingerprint density at radius 1 is 1.06 bits per heavy atom. The fourth-order valence-corrected chi connectivity index (χ4v) is 4.73. The van der Waals surface area contributed by atoms with E-state index in [2.05, 4.69) is 15.4 Å². The lowest BCUT2D eigenvalue weighted by atomic mass is 9.91. The number of carbonyl (C=O) groups is 2. The van der Waals surface area contributed by atoms with Crippen molar-refractivity contribution in [2.24, 2.45) is 11.8 Å². The van der Waals surface area contributed by atoms with Crippen molar-refractivity contribution in [3.63, 3.8) is 0 Å². The van der Waals surface area contributed by atoms with Gasteiger partial charge in [-0.15, -0.1) is 0 Å². The van der Waals surface area contributed by atoms with Crippen LogP contribution in [0.15, 0.2) is 41.6 Å². The fourth-order valence-electron chi connectivity index (χ4n) is 4.73. The molecule has 35 heavy (non-hydrogen) atoms. The normalized spacial score (nSPS) is 19.6. The molecule has 1 aromatic carbocycles. The maximum Gasteiger partial charge on any atom is 0.264 e. The minimum absolute atomic E-state index is 0.0475. The summed E-state index contributed by atoms with van der Waals surface area (Å²) in [7, 11) is 0. The van der Waals surface area contributed by atoms with Crippen LogP contribution in [0.5, 0.6) is 0 Å². The first kappa shape index (κ1) is 22.0. The van der Waals surface area contributed by atoms with Crippen LogP contribution in [0, 0.1) is 11.8 Å². The van der Waals surface area contributed by atoms with Crippen LogP contribution in [0.3, 0.4) is 0 Å². The molecule has 10 nitrogen and oxygen atoms in total. The molecule has 0 atom stereocenters. The van der Waals surface area contributed by atoms with Crippen LogP contribution in [-0.4, -0.2) is 59.8 Å². The molecule has 0 spiro atoms. The van der Waals surface area contributed by atoms with E-state index in [1.165, 1.54) is 17.1 Å². The highest BCUT2D eigenvalue weighted by molar-refractivity contribution is 5.94. The van der Waals surface area contributed by atoms with Crippen LogP contribution in [0.1, 0.15) is 38.5 Å². The zero-order chi connectivity index (χ0) is 24.2. The predicted molar refractivity (Wildman–Crippen MR) is 128 cm³/mol. The Kier molecular flexibility index (Phi) is 5.21. The van der Waals surface area contributed by atoms with E-state index in [0.29, 0.717) is 37.0 Å². The van der Waals surface area contributed by atoms with Crippen LogP contribution in [0.2, 0.25) is 0 Å². The fraction of sp³-hybridized carbons (Fsp3) is 0.480. The number of aromatic nitrogens is 4. The van der Waals surface area contributed by atoms with E-state index in [9.17, 15) is 19.5 Å². The van der Waals surface area contributed by atoms with Crippen molar-refractivity contribution < 1.29 is 14.7 Å². The highest BCUT2D eigenvalue weighted by Crippen LogP contribution is 2.33. The van der Waals surface area contributed by atoms with Crippen molar-refractivity contribution in [3.8, 4) is 5.69 Å². The third kappa shape index (κ3) is 4.34. The molecular formula is C25H28N6O4. The molecule has 0 radical (unpaired) electrons. The van der Waals surface area contributed by atoms with Gasteiger partial charge in [0.05, 0.1) is 24.0 Å². The second-order valence-electron chi connectivity index (χ2n) is 10.1. The number of likely N-dealkylation sites (tertiary alicyclic amines) is 1. The number of piperidine rings is 1. The lowest BCUT2D eigenvalue weighted by molar-refractivity contribution is -0.137. The van der Waals surface area contributed by atoms with E-state index in [1.807, 2.05) is 17.0 Å². The first-order valence-electron chi connectivity index (χ1n) is 12.3. The standard InChI is InChI=1S/C25H28N6O4/c32-22(16-1-2-16)28-18-5-7-19(8-6-18)31-21-20(13-27-31)24(34)30(15-26-21)14-25(35)9-11-29(12-10-25)23(33)17-3-4-17/h5-8,13,15-17,35H,1-4,9-12,14H2,(H,28,32). The number of carbonyl (C=O) groups excluding carboxylic acids is 2. The highest BCUT2D eigenvalue weighted by Gasteiger charge is 2.39. The van der Waals surface area contributed by atoms with E-state index in [0.717, 1.165) is 37.1 Å². The monoisotopic (exact) mass is 476 g/mol. The van der Waals surface area contributed by atoms with Gasteiger partial charge in [-0.3, -0.25) is 19.0 Å². The van der Waals surface area contributed by atoms with Gasteiger partial charge in [-0.05, 0) is 62.8 Å². The molecule has 0 bridgehead atoms. The molecule has 0 unspecified atom stereocenters. The Bertz CT molecular complexity index is 1340. The Morgan fingerprint density at radius 3 is 2.40 bits per heavy atom. The second-order valence-corrected chi connectivity index (χ2v) is 10.1. The molecule has 3 fully saturated rings. The Balaban J connectivity index is 1.17. The van der Waals surface area contributed by atoms with Gasteiger partial charge in [0.15, 0.2) is 5.65 Å². The van der Waals surface area contributed by atoms with Gasteiger partial charge in [0.2, 0.25) is 11.8 Å². The van der Waals surface area contributed by atoms with Crippen LogP contribution in [-0.2, 0) is 16.1 Å². The topological polar surface area (TPSA) is 122 Å². The molecule has 1 saturated heterocycles. The summed E-state index contributed by atoms with van der Waals surface area (Å²) in [4.78, 5) is 43.7. The summed E-state index contributed by atoms with van der Waals surface area (Å²) >= 11 is 0. The lowest BCUT2D eigenvalue weighted by Crippen LogP contribution is -2.50. The zero-order valence-electron chi connectivity index (χ0n) is 19.4. The van der Waals surface area contributed by atoms with Gasteiger partial charge in [-0.2, -0.15) is 5.10 Å². The summed E-state index contributed by atoms with van der Waals surface area (Å²) < 4.78 is 3.02. The molecule has 10 heteroatoms. The molecule has 3 aliphatic rings. The van der Waals surface area contributed by atoms with Crippen molar-refractivity contribution in [1.29, 1.82) is 0 Å². The van der Waals surface area contributed by atoms with E-state index in [4.69, 9.17) is 0 Å². The molecule has 2 amide bonds. The van der Waals surface area contributed by atoms with Crippen LogP contribution < -0.4 is 10.9 Å². The van der Waals surface area contributed by atoms with Gasteiger partial charge in [0, 0.05) is 30.6 Å². The SMILES string of the molecule is O=C(Nc1ccc(-n2ncc3c(=O)n(CC4(O)CCN(C(=O)C5CC5)CC4)cnc32)cc1)C1CC1. The summed E-state index contributed by atoms with van der Waals surface area (Å²) in [5.74, 6) is 0.543. The molecule has 2 aromatic heterocycles. The van der Waals surface area contributed by atoms with E-state index in [1.54, 1.807) is 16.8 Å². The van der Waals surface area contributed by atoms with Crippen LogP contribution >= 0.6 is 0 Å². The smallest absolute Gasteiger partial charge is 0.264 e. The number of hydrogen-bond acceptors (Lipinski definition) is 6. The molecule has 6 rings (SSSR count). The minimum atomic E-state index is -1.06. The average molecular weight is 477 g/mol. The number of fused-ring (bicyclic) bond motifs is 1. The molecule has 3 heterocycles. The Labute approximate surface area is 201 Å². The van der Waals surface area contributed by atoms with E-state index < -0.39 is 5.60 Å². The molecule has 2 N–H and O–H groups in total. The van der Waals surface area contributed by atoms with Gasteiger partial charge in [-0.1, -0.05) is 0 Å². The molecule has 2 saturated carbocycles. The summed E-state index contributed by atoms with van der Waals surface area (Å²) in [5.41, 5.74) is 0.546. The lowest BCUT2D eigenvalue weighted by Gasteiger charge is -2.38. The Morgan fingerprint density at radius 2 is 1.74 bits per heavy atom. The van der Waals surface area contributed by atoms with Crippen molar-refractivity contribution in [2.75, 3.05) is 18.4 Å². The van der Waals surface area contributed by atoms with Gasteiger partial charge in [0.25, 0.3) is 5.56 Å². The number of rotatable bonds is 6. The maximum absolute atomic E-state index is 13.2. The van der Waals surface area contributed by atoms with Crippen molar-refractivity contribution in [2.45, 2.75) is 50.7 Å².